The molecule has 2 heterocycles. The van der Waals surface area contributed by atoms with Crippen LogP contribution in [0.15, 0.2) is 35.2 Å². The van der Waals surface area contributed by atoms with Gasteiger partial charge in [0.05, 0.1) is 30.9 Å². The summed E-state index contributed by atoms with van der Waals surface area (Å²) in [7, 11) is 0. The molecule has 90 valence electrons. The maximum Gasteiger partial charge on any atom is 0.147 e. The largest absolute Gasteiger partial charge is 0.468 e. The van der Waals surface area contributed by atoms with Crippen LogP contribution in [-0.2, 0) is 13.1 Å². The lowest BCUT2D eigenvalue weighted by molar-refractivity contribution is 0.245. The molecule has 0 aromatic carbocycles. The fourth-order valence-corrected chi connectivity index (χ4v) is 1.65. The molecule has 0 fully saturated rings. The van der Waals surface area contributed by atoms with E-state index in [2.05, 4.69) is 21.8 Å². The first-order valence-corrected chi connectivity index (χ1v) is 5.87. The zero-order valence-corrected chi connectivity index (χ0v) is 10.4. The molecule has 0 radical (unpaired) electrons. The summed E-state index contributed by atoms with van der Waals surface area (Å²) in [4.78, 5) is 10.5. The van der Waals surface area contributed by atoms with Crippen molar-refractivity contribution in [3.8, 4) is 0 Å². The Morgan fingerprint density at radius 1 is 1.29 bits per heavy atom. The highest BCUT2D eigenvalue weighted by molar-refractivity contribution is 6.29. The minimum Gasteiger partial charge on any atom is -0.468 e. The third kappa shape index (κ3) is 3.54. The zero-order chi connectivity index (χ0) is 12.1. The Morgan fingerprint density at radius 3 is 2.76 bits per heavy atom. The number of furan rings is 1. The van der Waals surface area contributed by atoms with Crippen molar-refractivity contribution in [3.63, 3.8) is 0 Å². The predicted octanol–water partition coefficient (Wildman–Crippen LogP) is 2.75. The summed E-state index contributed by atoms with van der Waals surface area (Å²) >= 11 is 5.69. The highest BCUT2D eigenvalue weighted by Gasteiger charge is 2.07. The van der Waals surface area contributed by atoms with Crippen molar-refractivity contribution in [2.75, 3.05) is 6.54 Å². The van der Waals surface area contributed by atoms with Gasteiger partial charge in [-0.2, -0.15) is 0 Å². The molecule has 2 aromatic heterocycles. The van der Waals surface area contributed by atoms with E-state index in [1.54, 1.807) is 18.7 Å². The van der Waals surface area contributed by atoms with Gasteiger partial charge in [0.1, 0.15) is 10.9 Å². The summed E-state index contributed by atoms with van der Waals surface area (Å²) < 4.78 is 5.32. The van der Waals surface area contributed by atoms with Crippen LogP contribution >= 0.6 is 11.6 Å². The molecular weight excluding hydrogens is 238 g/mol. The first-order valence-electron chi connectivity index (χ1n) is 5.49. The van der Waals surface area contributed by atoms with E-state index in [4.69, 9.17) is 16.0 Å². The molecule has 0 atom stereocenters. The Labute approximate surface area is 105 Å². The van der Waals surface area contributed by atoms with Crippen LogP contribution in [-0.4, -0.2) is 21.4 Å². The van der Waals surface area contributed by atoms with Gasteiger partial charge in [0.25, 0.3) is 0 Å². The van der Waals surface area contributed by atoms with E-state index >= 15 is 0 Å². The summed E-state index contributed by atoms with van der Waals surface area (Å²) in [5, 5.41) is 0.419. The van der Waals surface area contributed by atoms with Crippen molar-refractivity contribution in [1.82, 2.24) is 14.9 Å². The standard InChI is InChI=1S/C12H14ClN3O/c1-2-16(9-11-4-3-5-17-11)8-10-6-15-12(13)7-14-10/h3-7H,2,8-9H2,1H3. The second-order valence-corrected chi connectivity index (χ2v) is 4.10. The van der Waals surface area contributed by atoms with E-state index < -0.39 is 0 Å². The molecule has 5 heteroatoms. The molecule has 17 heavy (non-hydrogen) atoms. The van der Waals surface area contributed by atoms with Gasteiger partial charge in [0, 0.05) is 6.54 Å². The first-order chi connectivity index (χ1) is 8.28. The average Bonchev–Trinajstić information content (AvgIpc) is 2.84. The van der Waals surface area contributed by atoms with Crippen molar-refractivity contribution in [2.45, 2.75) is 20.0 Å². The van der Waals surface area contributed by atoms with Gasteiger partial charge in [0.2, 0.25) is 0 Å². The van der Waals surface area contributed by atoms with Crippen molar-refractivity contribution in [1.29, 1.82) is 0 Å². The van der Waals surface area contributed by atoms with Crippen molar-refractivity contribution in [3.05, 3.63) is 47.4 Å². The third-order valence-electron chi connectivity index (χ3n) is 2.47. The quantitative estimate of drug-likeness (QED) is 0.820. The number of nitrogens with zero attached hydrogens (tertiary/aromatic N) is 3. The Kier molecular flexibility index (Phi) is 4.12. The summed E-state index contributed by atoms with van der Waals surface area (Å²) in [6.07, 6.45) is 4.95. The summed E-state index contributed by atoms with van der Waals surface area (Å²) in [6.45, 7) is 4.53. The number of hydrogen-bond donors (Lipinski definition) is 0. The molecule has 4 nitrogen and oxygen atoms in total. The Balaban J connectivity index is 1.97. The number of halogens is 1. The number of hydrogen-bond acceptors (Lipinski definition) is 4. The lowest BCUT2D eigenvalue weighted by Crippen LogP contribution is -2.22. The molecule has 0 bridgehead atoms. The summed E-state index contributed by atoms with van der Waals surface area (Å²) in [5.74, 6) is 0.953. The van der Waals surface area contributed by atoms with Crippen LogP contribution in [0.1, 0.15) is 18.4 Å². The van der Waals surface area contributed by atoms with E-state index in [1.165, 1.54) is 0 Å². The van der Waals surface area contributed by atoms with Crippen molar-refractivity contribution >= 4 is 11.6 Å². The van der Waals surface area contributed by atoms with Crippen LogP contribution in [0.3, 0.4) is 0 Å². The molecule has 0 saturated carbocycles. The van der Waals surface area contributed by atoms with E-state index in [0.29, 0.717) is 5.15 Å². The van der Waals surface area contributed by atoms with Gasteiger partial charge >= 0.3 is 0 Å². The maximum atomic E-state index is 5.69. The smallest absolute Gasteiger partial charge is 0.147 e. The molecule has 0 N–H and O–H groups in total. The van der Waals surface area contributed by atoms with E-state index in [1.807, 2.05) is 12.1 Å². The zero-order valence-electron chi connectivity index (χ0n) is 9.64. The van der Waals surface area contributed by atoms with E-state index in [-0.39, 0.29) is 0 Å². The van der Waals surface area contributed by atoms with Gasteiger partial charge in [-0.15, -0.1) is 0 Å². The number of rotatable bonds is 5. The molecule has 0 aliphatic heterocycles. The molecule has 2 rings (SSSR count). The van der Waals surface area contributed by atoms with Crippen LogP contribution in [0.25, 0.3) is 0 Å². The highest BCUT2D eigenvalue weighted by atomic mass is 35.5. The van der Waals surface area contributed by atoms with Crippen LogP contribution in [0.2, 0.25) is 5.15 Å². The fourth-order valence-electron chi connectivity index (χ4n) is 1.55. The van der Waals surface area contributed by atoms with Crippen LogP contribution in [0.4, 0.5) is 0 Å². The predicted molar refractivity (Wildman–Crippen MR) is 65.5 cm³/mol. The molecule has 0 aliphatic rings. The minimum atomic E-state index is 0.419. The van der Waals surface area contributed by atoms with Gasteiger partial charge in [-0.3, -0.25) is 9.88 Å². The highest BCUT2D eigenvalue weighted by Crippen LogP contribution is 2.09. The fraction of sp³-hybridized carbons (Fsp3) is 0.333. The normalized spacial score (nSPS) is 11.0. The van der Waals surface area contributed by atoms with Gasteiger partial charge in [-0.25, -0.2) is 4.98 Å². The van der Waals surface area contributed by atoms with E-state index in [0.717, 1.165) is 31.1 Å². The average molecular weight is 252 g/mol. The molecule has 0 amide bonds. The topological polar surface area (TPSA) is 42.2 Å². The van der Waals surface area contributed by atoms with Crippen molar-refractivity contribution in [2.24, 2.45) is 0 Å². The van der Waals surface area contributed by atoms with Crippen LogP contribution in [0.5, 0.6) is 0 Å². The molecular formula is C12H14ClN3O. The monoisotopic (exact) mass is 251 g/mol. The molecule has 0 spiro atoms. The second-order valence-electron chi connectivity index (χ2n) is 3.71. The second kappa shape index (κ2) is 5.80. The lowest BCUT2D eigenvalue weighted by Gasteiger charge is -2.18. The van der Waals surface area contributed by atoms with Crippen LogP contribution in [0, 0.1) is 0 Å². The Bertz CT molecular complexity index is 441. The SMILES string of the molecule is CCN(Cc1cnc(Cl)cn1)Cc1ccco1. The van der Waals surface area contributed by atoms with Gasteiger partial charge in [-0.1, -0.05) is 18.5 Å². The summed E-state index contributed by atoms with van der Waals surface area (Å²) in [5.41, 5.74) is 0.905. The third-order valence-corrected chi connectivity index (χ3v) is 2.66. The lowest BCUT2D eigenvalue weighted by atomic mass is 10.3. The van der Waals surface area contributed by atoms with Crippen LogP contribution < -0.4 is 0 Å². The molecule has 0 saturated heterocycles. The van der Waals surface area contributed by atoms with Crippen molar-refractivity contribution < 1.29 is 4.42 Å². The first kappa shape index (κ1) is 12.1. The number of aromatic nitrogens is 2. The Hall–Kier alpha value is -1.39. The van der Waals surface area contributed by atoms with E-state index in [9.17, 15) is 0 Å². The molecule has 0 aliphatic carbocycles. The molecule has 2 aromatic rings. The maximum absolute atomic E-state index is 5.69. The van der Waals surface area contributed by atoms with Gasteiger partial charge in [-0.05, 0) is 18.7 Å². The minimum absolute atomic E-state index is 0.419. The summed E-state index contributed by atoms with van der Waals surface area (Å²) in [6, 6.07) is 3.86. The van der Waals surface area contributed by atoms with Gasteiger partial charge < -0.3 is 4.42 Å². The van der Waals surface area contributed by atoms with Gasteiger partial charge in [0.15, 0.2) is 0 Å². The molecule has 0 unspecified atom stereocenters. The Morgan fingerprint density at radius 2 is 2.18 bits per heavy atom.